The molecule has 2 aromatic heterocycles. The summed E-state index contributed by atoms with van der Waals surface area (Å²) in [6, 6.07) is 5.78. The lowest BCUT2D eigenvalue weighted by atomic mass is 10.2. The standard InChI is InChI=1S/C12H10N6O2S/c1-6-2-3-7-8(4-6)16-12(15-7)21-10-9(18(19)20)5-14-11(13)17-10/h2-5H,1H3,(H,15,16)(H2,13,14,17). The number of aryl methyl sites for hydroxylation is 1. The molecule has 3 rings (SSSR count). The van der Waals surface area contributed by atoms with Gasteiger partial charge in [-0.05, 0) is 36.4 Å². The van der Waals surface area contributed by atoms with Crippen LogP contribution in [0, 0.1) is 17.0 Å². The fourth-order valence-corrected chi connectivity index (χ4v) is 2.67. The van der Waals surface area contributed by atoms with E-state index in [0.717, 1.165) is 34.6 Å². The molecule has 0 fully saturated rings. The number of nitrogen functional groups attached to an aromatic ring is 1. The molecular weight excluding hydrogens is 292 g/mol. The number of H-pyrrole nitrogens is 1. The molecule has 8 nitrogen and oxygen atoms in total. The van der Waals surface area contributed by atoms with Gasteiger partial charge in [-0.2, -0.15) is 4.98 Å². The Morgan fingerprint density at radius 1 is 1.38 bits per heavy atom. The summed E-state index contributed by atoms with van der Waals surface area (Å²) in [5.74, 6) is -0.0185. The van der Waals surface area contributed by atoms with Crippen molar-refractivity contribution in [2.75, 3.05) is 5.73 Å². The maximum Gasteiger partial charge on any atom is 0.320 e. The van der Waals surface area contributed by atoms with Crippen molar-refractivity contribution in [3.63, 3.8) is 0 Å². The monoisotopic (exact) mass is 302 g/mol. The minimum absolute atomic E-state index is 0.0185. The average molecular weight is 302 g/mol. The van der Waals surface area contributed by atoms with Crippen molar-refractivity contribution >= 4 is 34.4 Å². The number of fused-ring (bicyclic) bond motifs is 1. The Hall–Kier alpha value is -2.68. The first-order chi connectivity index (χ1) is 10.0. The molecule has 0 aliphatic heterocycles. The van der Waals surface area contributed by atoms with Crippen LogP contribution in [0.25, 0.3) is 11.0 Å². The molecular formula is C12H10N6O2S. The van der Waals surface area contributed by atoms with Gasteiger partial charge in [-0.1, -0.05) is 6.07 Å². The van der Waals surface area contributed by atoms with Crippen molar-refractivity contribution in [3.05, 3.63) is 40.1 Å². The Labute approximate surface area is 123 Å². The third-order valence-electron chi connectivity index (χ3n) is 2.76. The highest BCUT2D eigenvalue weighted by Gasteiger charge is 2.19. The summed E-state index contributed by atoms with van der Waals surface area (Å²) in [4.78, 5) is 25.4. The number of hydrogen-bond donors (Lipinski definition) is 2. The van der Waals surface area contributed by atoms with Crippen LogP contribution in [-0.2, 0) is 0 Å². The van der Waals surface area contributed by atoms with Crippen LogP contribution in [0.3, 0.4) is 0 Å². The van der Waals surface area contributed by atoms with Crippen LogP contribution in [0.15, 0.2) is 34.6 Å². The molecule has 0 aliphatic rings. The third-order valence-corrected chi connectivity index (χ3v) is 3.64. The lowest BCUT2D eigenvalue weighted by Gasteiger charge is -1.99. The van der Waals surface area contributed by atoms with Crippen LogP contribution in [0.5, 0.6) is 0 Å². The summed E-state index contributed by atoms with van der Waals surface area (Å²) in [6.45, 7) is 1.98. The number of nitrogens with zero attached hydrogens (tertiary/aromatic N) is 4. The Bertz CT molecular complexity index is 847. The molecule has 9 heteroatoms. The quantitative estimate of drug-likeness (QED) is 0.432. The van der Waals surface area contributed by atoms with Gasteiger partial charge in [0.05, 0.1) is 16.0 Å². The van der Waals surface area contributed by atoms with Gasteiger partial charge < -0.3 is 10.7 Å². The molecule has 0 atom stereocenters. The van der Waals surface area contributed by atoms with Crippen molar-refractivity contribution in [3.8, 4) is 0 Å². The molecule has 0 saturated heterocycles. The van der Waals surface area contributed by atoms with Gasteiger partial charge in [0.2, 0.25) is 5.95 Å². The van der Waals surface area contributed by atoms with E-state index < -0.39 is 4.92 Å². The van der Waals surface area contributed by atoms with Crippen LogP contribution >= 0.6 is 11.8 Å². The minimum Gasteiger partial charge on any atom is -0.368 e. The molecule has 0 bridgehead atoms. The second kappa shape index (κ2) is 5.02. The summed E-state index contributed by atoms with van der Waals surface area (Å²) in [5, 5.41) is 11.6. The Morgan fingerprint density at radius 3 is 2.95 bits per heavy atom. The number of imidazole rings is 1. The summed E-state index contributed by atoms with van der Waals surface area (Å²) < 4.78 is 0. The average Bonchev–Trinajstić information content (AvgIpc) is 2.79. The number of aromatic nitrogens is 4. The third kappa shape index (κ3) is 2.63. The van der Waals surface area contributed by atoms with E-state index in [2.05, 4.69) is 19.9 Å². The topological polar surface area (TPSA) is 124 Å². The zero-order valence-electron chi connectivity index (χ0n) is 10.9. The highest BCUT2D eigenvalue weighted by atomic mass is 32.2. The maximum atomic E-state index is 11.0. The van der Waals surface area contributed by atoms with Crippen molar-refractivity contribution in [2.45, 2.75) is 17.1 Å². The highest BCUT2D eigenvalue weighted by molar-refractivity contribution is 7.99. The van der Waals surface area contributed by atoms with Crippen LogP contribution in [0.2, 0.25) is 0 Å². The largest absolute Gasteiger partial charge is 0.368 e. The minimum atomic E-state index is -0.547. The molecule has 2 heterocycles. The SMILES string of the molecule is Cc1ccc2nc(Sc3nc(N)ncc3[N+](=O)[O-])[nH]c2c1. The summed E-state index contributed by atoms with van der Waals surface area (Å²) in [5.41, 5.74) is 8.03. The normalized spacial score (nSPS) is 10.9. The van der Waals surface area contributed by atoms with E-state index in [1.165, 1.54) is 0 Å². The zero-order chi connectivity index (χ0) is 15.0. The Balaban J connectivity index is 2.02. The van der Waals surface area contributed by atoms with Gasteiger partial charge in [-0.25, -0.2) is 9.97 Å². The summed E-state index contributed by atoms with van der Waals surface area (Å²) in [7, 11) is 0. The molecule has 0 radical (unpaired) electrons. The van der Waals surface area contributed by atoms with Crippen LogP contribution in [0.4, 0.5) is 11.6 Å². The molecule has 1 aromatic carbocycles. The summed E-state index contributed by atoms with van der Waals surface area (Å²) >= 11 is 1.05. The van der Waals surface area contributed by atoms with Gasteiger partial charge in [0.25, 0.3) is 0 Å². The van der Waals surface area contributed by atoms with Gasteiger partial charge in [-0.15, -0.1) is 0 Å². The first-order valence-corrected chi connectivity index (χ1v) is 6.76. The first-order valence-electron chi connectivity index (χ1n) is 5.94. The molecule has 3 N–H and O–H groups in total. The van der Waals surface area contributed by atoms with Gasteiger partial charge in [0.15, 0.2) is 10.2 Å². The first kappa shape index (κ1) is 13.3. The van der Waals surface area contributed by atoms with Gasteiger partial charge in [-0.3, -0.25) is 10.1 Å². The van der Waals surface area contributed by atoms with Crippen molar-refractivity contribution < 1.29 is 4.92 Å². The fourth-order valence-electron chi connectivity index (χ4n) is 1.81. The second-order valence-electron chi connectivity index (χ2n) is 4.34. The van der Waals surface area contributed by atoms with Gasteiger partial charge in [0, 0.05) is 0 Å². The van der Waals surface area contributed by atoms with E-state index >= 15 is 0 Å². The Kier molecular flexibility index (Phi) is 3.18. The highest BCUT2D eigenvalue weighted by Crippen LogP contribution is 2.32. The van der Waals surface area contributed by atoms with Crippen molar-refractivity contribution in [2.24, 2.45) is 0 Å². The number of nitrogens with two attached hydrogens (primary N) is 1. The number of rotatable bonds is 3. The Morgan fingerprint density at radius 2 is 2.19 bits per heavy atom. The number of nitro groups is 1. The molecule has 21 heavy (non-hydrogen) atoms. The lowest BCUT2D eigenvalue weighted by molar-refractivity contribution is -0.388. The molecule has 0 amide bonds. The number of hydrogen-bond acceptors (Lipinski definition) is 7. The van der Waals surface area contributed by atoms with Crippen molar-refractivity contribution in [1.82, 2.24) is 19.9 Å². The van der Waals surface area contributed by atoms with Crippen molar-refractivity contribution in [1.29, 1.82) is 0 Å². The number of aromatic amines is 1. The number of anilines is 1. The van der Waals surface area contributed by atoms with E-state index in [0.29, 0.717) is 5.16 Å². The van der Waals surface area contributed by atoms with Crippen LogP contribution in [-0.4, -0.2) is 24.9 Å². The zero-order valence-corrected chi connectivity index (χ0v) is 11.7. The van der Waals surface area contributed by atoms with E-state index in [-0.39, 0.29) is 16.7 Å². The van der Waals surface area contributed by atoms with Crippen LogP contribution in [0.1, 0.15) is 5.56 Å². The predicted molar refractivity (Wildman–Crippen MR) is 78.1 cm³/mol. The smallest absolute Gasteiger partial charge is 0.320 e. The molecule has 0 unspecified atom stereocenters. The lowest BCUT2D eigenvalue weighted by Crippen LogP contribution is -2.00. The molecule has 0 saturated carbocycles. The summed E-state index contributed by atoms with van der Waals surface area (Å²) in [6.07, 6.45) is 1.09. The van der Waals surface area contributed by atoms with E-state index in [4.69, 9.17) is 5.73 Å². The van der Waals surface area contributed by atoms with E-state index in [1.807, 2.05) is 25.1 Å². The van der Waals surface area contributed by atoms with E-state index in [1.54, 1.807) is 0 Å². The van der Waals surface area contributed by atoms with Gasteiger partial charge >= 0.3 is 5.69 Å². The predicted octanol–water partition coefficient (Wildman–Crippen LogP) is 2.30. The van der Waals surface area contributed by atoms with Gasteiger partial charge in [0.1, 0.15) is 6.20 Å². The second-order valence-corrected chi connectivity index (χ2v) is 5.32. The number of nitrogens with one attached hydrogen (secondary N) is 1. The molecule has 106 valence electrons. The number of benzene rings is 1. The molecule has 0 spiro atoms. The fraction of sp³-hybridized carbons (Fsp3) is 0.0833. The maximum absolute atomic E-state index is 11.0. The molecule has 0 aliphatic carbocycles. The van der Waals surface area contributed by atoms with E-state index in [9.17, 15) is 10.1 Å². The van der Waals surface area contributed by atoms with Crippen LogP contribution < -0.4 is 5.73 Å². The molecule has 3 aromatic rings.